The van der Waals surface area contributed by atoms with E-state index in [2.05, 4.69) is 5.32 Å². The molecule has 22 heavy (non-hydrogen) atoms. The molecule has 122 valence electrons. The Labute approximate surface area is 129 Å². The molecular weight excluding hydrogens is 286 g/mol. The highest BCUT2D eigenvalue weighted by molar-refractivity contribution is 5.92. The minimum Gasteiger partial charge on any atom is -0.376 e. The van der Waals surface area contributed by atoms with Crippen LogP contribution in [0.5, 0.6) is 0 Å². The number of nitrogens with zero attached hydrogens (tertiary/aromatic N) is 2. The Morgan fingerprint density at radius 2 is 1.95 bits per heavy atom. The van der Waals surface area contributed by atoms with E-state index >= 15 is 0 Å². The van der Waals surface area contributed by atoms with E-state index in [9.17, 15) is 14.4 Å². The van der Waals surface area contributed by atoms with E-state index in [1.165, 1.54) is 0 Å². The molecule has 2 aliphatic heterocycles. The van der Waals surface area contributed by atoms with Crippen molar-refractivity contribution in [3.8, 4) is 0 Å². The predicted molar refractivity (Wildman–Crippen MR) is 77.8 cm³/mol. The normalized spacial score (nSPS) is 31.0. The number of rotatable bonds is 5. The van der Waals surface area contributed by atoms with Crippen molar-refractivity contribution in [2.45, 2.75) is 25.4 Å². The molecule has 0 bridgehead atoms. The van der Waals surface area contributed by atoms with Crippen molar-refractivity contribution >= 4 is 18.2 Å². The summed E-state index contributed by atoms with van der Waals surface area (Å²) < 4.78 is 5.47. The standard InChI is InChI=1S/C15H23N3O4/c19-10-17-3-5-18(6-4-17)15(21)13-8-12(13)14(20)16-9-11-2-1-7-22-11/h10-13H,1-9H2,(H,16,20). The smallest absolute Gasteiger partial charge is 0.226 e. The molecule has 1 saturated carbocycles. The first-order valence-corrected chi connectivity index (χ1v) is 8.06. The van der Waals surface area contributed by atoms with Gasteiger partial charge >= 0.3 is 0 Å². The quantitative estimate of drug-likeness (QED) is 0.676. The van der Waals surface area contributed by atoms with Gasteiger partial charge in [0.05, 0.1) is 17.9 Å². The number of amides is 3. The van der Waals surface area contributed by atoms with Crippen LogP contribution < -0.4 is 5.32 Å². The number of hydrogen-bond acceptors (Lipinski definition) is 4. The number of carbonyl (C=O) groups is 3. The molecule has 3 fully saturated rings. The fraction of sp³-hybridized carbons (Fsp3) is 0.800. The molecule has 1 aliphatic carbocycles. The van der Waals surface area contributed by atoms with Crippen LogP contribution in [0.3, 0.4) is 0 Å². The maximum Gasteiger partial charge on any atom is 0.226 e. The summed E-state index contributed by atoms with van der Waals surface area (Å²) in [6.45, 7) is 3.62. The lowest BCUT2D eigenvalue weighted by Gasteiger charge is -2.32. The van der Waals surface area contributed by atoms with Crippen LogP contribution in [0.2, 0.25) is 0 Å². The fourth-order valence-electron chi connectivity index (χ4n) is 3.19. The lowest BCUT2D eigenvalue weighted by Crippen LogP contribution is -2.49. The fourth-order valence-corrected chi connectivity index (χ4v) is 3.19. The van der Waals surface area contributed by atoms with Crippen LogP contribution in [0.15, 0.2) is 0 Å². The summed E-state index contributed by atoms with van der Waals surface area (Å²) in [6.07, 6.45) is 3.64. The Balaban J connectivity index is 1.40. The van der Waals surface area contributed by atoms with Gasteiger partial charge < -0.3 is 19.9 Å². The van der Waals surface area contributed by atoms with E-state index < -0.39 is 0 Å². The van der Waals surface area contributed by atoms with Gasteiger partial charge in [-0.3, -0.25) is 14.4 Å². The molecule has 3 amide bonds. The van der Waals surface area contributed by atoms with E-state index in [0.717, 1.165) is 25.9 Å². The van der Waals surface area contributed by atoms with E-state index in [-0.39, 0.29) is 29.8 Å². The topological polar surface area (TPSA) is 79.0 Å². The van der Waals surface area contributed by atoms with Crippen LogP contribution in [-0.4, -0.2) is 73.5 Å². The molecule has 7 heteroatoms. The SMILES string of the molecule is O=CN1CCN(C(=O)C2CC2C(=O)NCC2CCCO2)CC1. The summed E-state index contributed by atoms with van der Waals surface area (Å²) in [5, 5.41) is 2.90. The molecule has 3 aliphatic rings. The molecule has 3 atom stereocenters. The van der Waals surface area contributed by atoms with Crippen LogP contribution >= 0.6 is 0 Å². The zero-order valence-electron chi connectivity index (χ0n) is 12.7. The van der Waals surface area contributed by atoms with E-state index in [1.807, 2.05) is 0 Å². The zero-order chi connectivity index (χ0) is 15.5. The van der Waals surface area contributed by atoms with Crippen LogP contribution in [-0.2, 0) is 19.1 Å². The molecule has 2 saturated heterocycles. The Morgan fingerprint density at radius 1 is 1.18 bits per heavy atom. The average molecular weight is 309 g/mol. The highest BCUT2D eigenvalue weighted by Gasteiger charge is 2.49. The number of piperazine rings is 1. The first-order valence-electron chi connectivity index (χ1n) is 8.06. The average Bonchev–Trinajstić information content (AvgIpc) is 3.19. The van der Waals surface area contributed by atoms with Gasteiger partial charge in [-0.05, 0) is 19.3 Å². The molecule has 0 aromatic rings. The second kappa shape index (κ2) is 6.64. The Hall–Kier alpha value is -1.63. The van der Waals surface area contributed by atoms with Crippen LogP contribution in [0.4, 0.5) is 0 Å². The molecule has 0 radical (unpaired) electrons. The molecule has 1 N–H and O–H groups in total. The molecule has 0 aromatic carbocycles. The van der Waals surface area contributed by atoms with Gasteiger partial charge in [0.1, 0.15) is 0 Å². The zero-order valence-corrected chi connectivity index (χ0v) is 12.7. The highest BCUT2D eigenvalue weighted by Crippen LogP contribution is 2.40. The van der Waals surface area contributed by atoms with E-state index in [1.54, 1.807) is 9.80 Å². The van der Waals surface area contributed by atoms with Crippen LogP contribution in [0.25, 0.3) is 0 Å². The summed E-state index contributed by atoms with van der Waals surface area (Å²) >= 11 is 0. The maximum atomic E-state index is 12.3. The maximum absolute atomic E-state index is 12.3. The number of hydrogen-bond donors (Lipinski definition) is 1. The lowest BCUT2D eigenvalue weighted by atomic mass is 10.2. The summed E-state index contributed by atoms with van der Waals surface area (Å²) in [7, 11) is 0. The summed E-state index contributed by atoms with van der Waals surface area (Å²) in [5.41, 5.74) is 0. The second-order valence-corrected chi connectivity index (χ2v) is 6.30. The van der Waals surface area contributed by atoms with Gasteiger partial charge in [0.2, 0.25) is 18.2 Å². The van der Waals surface area contributed by atoms with Crippen molar-refractivity contribution in [2.24, 2.45) is 11.8 Å². The molecule has 3 unspecified atom stereocenters. The van der Waals surface area contributed by atoms with Crippen molar-refractivity contribution in [3.05, 3.63) is 0 Å². The highest BCUT2D eigenvalue weighted by atomic mass is 16.5. The number of ether oxygens (including phenoxy) is 1. The van der Waals surface area contributed by atoms with Gasteiger partial charge in [-0.15, -0.1) is 0 Å². The largest absolute Gasteiger partial charge is 0.376 e. The van der Waals surface area contributed by atoms with Crippen molar-refractivity contribution in [1.29, 1.82) is 0 Å². The van der Waals surface area contributed by atoms with Crippen LogP contribution in [0.1, 0.15) is 19.3 Å². The summed E-state index contributed by atoms with van der Waals surface area (Å²) in [6, 6.07) is 0. The van der Waals surface area contributed by atoms with E-state index in [0.29, 0.717) is 39.1 Å². The number of nitrogens with one attached hydrogen (secondary N) is 1. The molecule has 2 heterocycles. The predicted octanol–water partition coefficient (Wildman–Crippen LogP) is -0.782. The third-order valence-corrected chi connectivity index (χ3v) is 4.75. The van der Waals surface area contributed by atoms with Crippen molar-refractivity contribution < 1.29 is 19.1 Å². The third-order valence-electron chi connectivity index (χ3n) is 4.75. The van der Waals surface area contributed by atoms with Gasteiger partial charge in [-0.25, -0.2) is 0 Å². The second-order valence-electron chi connectivity index (χ2n) is 6.30. The van der Waals surface area contributed by atoms with Gasteiger partial charge in [-0.1, -0.05) is 0 Å². The van der Waals surface area contributed by atoms with Crippen molar-refractivity contribution in [3.63, 3.8) is 0 Å². The van der Waals surface area contributed by atoms with Gasteiger partial charge in [0, 0.05) is 39.3 Å². The van der Waals surface area contributed by atoms with Crippen molar-refractivity contribution in [2.75, 3.05) is 39.3 Å². The molecule has 3 rings (SSSR count). The van der Waals surface area contributed by atoms with Gasteiger partial charge in [-0.2, -0.15) is 0 Å². The van der Waals surface area contributed by atoms with E-state index in [4.69, 9.17) is 4.74 Å². The summed E-state index contributed by atoms with van der Waals surface area (Å²) in [4.78, 5) is 38.5. The van der Waals surface area contributed by atoms with Gasteiger partial charge in [0.15, 0.2) is 0 Å². The Bertz CT molecular complexity index is 442. The molecular formula is C15H23N3O4. The monoisotopic (exact) mass is 309 g/mol. The Morgan fingerprint density at radius 3 is 2.59 bits per heavy atom. The number of carbonyl (C=O) groups excluding carboxylic acids is 3. The van der Waals surface area contributed by atoms with Gasteiger partial charge in [0.25, 0.3) is 0 Å². The lowest BCUT2D eigenvalue weighted by molar-refractivity contribution is -0.137. The summed E-state index contributed by atoms with van der Waals surface area (Å²) in [5.74, 6) is -0.325. The van der Waals surface area contributed by atoms with Crippen LogP contribution in [0, 0.1) is 11.8 Å². The Kier molecular flexibility index (Phi) is 4.61. The first kappa shape index (κ1) is 15.3. The van der Waals surface area contributed by atoms with Crippen molar-refractivity contribution in [1.82, 2.24) is 15.1 Å². The first-order chi connectivity index (χ1) is 10.7. The molecule has 0 spiro atoms. The minimum atomic E-state index is -0.182. The minimum absolute atomic E-state index is 0.0274. The molecule has 0 aromatic heterocycles. The molecule has 7 nitrogen and oxygen atoms in total. The third kappa shape index (κ3) is 3.40.